The van der Waals surface area contributed by atoms with Crippen LogP contribution < -0.4 is 14.8 Å². The Morgan fingerprint density at radius 1 is 0.892 bits per heavy atom. The van der Waals surface area contributed by atoms with Crippen molar-refractivity contribution in [2.45, 2.75) is 106 Å². The molecule has 212 valence electrons. The van der Waals surface area contributed by atoms with Gasteiger partial charge in [-0.25, -0.2) is 0 Å². The van der Waals surface area contributed by atoms with Crippen molar-refractivity contribution in [2.24, 2.45) is 16.7 Å². The summed E-state index contributed by atoms with van der Waals surface area (Å²) in [6.07, 6.45) is 5.22. The third-order valence-corrected chi connectivity index (χ3v) is 8.66. The topological polar surface area (TPSA) is 37.0 Å². The van der Waals surface area contributed by atoms with E-state index in [2.05, 4.69) is 77.4 Å². The number of nitrogens with zero attached hydrogens (tertiary/aromatic N) is 2. The van der Waals surface area contributed by atoms with E-state index in [0.717, 1.165) is 30.0 Å². The second-order valence-corrected chi connectivity index (χ2v) is 14.5. The molecule has 0 atom stereocenters. The molecule has 1 N–H and O–H groups in total. The van der Waals surface area contributed by atoms with Gasteiger partial charge in [0.2, 0.25) is 0 Å². The van der Waals surface area contributed by atoms with Crippen LogP contribution in [0.1, 0.15) is 88.0 Å². The molecule has 0 unspecified atom stereocenters. The minimum Gasteiger partial charge on any atom is -0.493 e. The van der Waals surface area contributed by atoms with Crippen LogP contribution in [0.25, 0.3) is 0 Å². The highest BCUT2D eigenvalue weighted by Gasteiger charge is 2.43. The third kappa shape index (κ3) is 9.75. The second kappa shape index (κ2) is 12.7. The van der Waals surface area contributed by atoms with E-state index >= 15 is 0 Å². The first kappa shape index (κ1) is 30.2. The summed E-state index contributed by atoms with van der Waals surface area (Å²) in [6, 6.07) is 9.51. The summed E-state index contributed by atoms with van der Waals surface area (Å²) in [5.74, 6) is 2.60. The van der Waals surface area contributed by atoms with E-state index in [9.17, 15) is 0 Å². The number of hydrogen-bond donors (Lipinski definition) is 1. The number of rotatable bonds is 13. The van der Waals surface area contributed by atoms with Crippen LogP contribution in [0, 0.1) is 16.7 Å². The molecule has 5 nitrogen and oxygen atoms in total. The highest BCUT2D eigenvalue weighted by Crippen LogP contribution is 2.47. The Labute approximate surface area is 228 Å². The minimum absolute atomic E-state index is 0.106. The summed E-state index contributed by atoms with van der Waals surface area (Å²) in [5, 5.41) is 3.74. The lowest BCUT2D eigenvalue weighted by Crippen LogP contribution is -2.56. The van der Waals surface area contributed by atoms with Crippen molar-refractivity contribution in [1.29, 1.82) is 0 Å². The van der Waals surface area contributed by atoms with Crippen molar-refractivity contribution in [3.05, 3.63) is 24.3 Å². The highest BCUT2D eigenvalue weighted by atomic mass is 16.5. The van der Waals surface area contributed by atoms with E-state index in [0.29, 0.717) is 24.7 Å². The molecule has 5 heteroatoms. The zero-order valence-corrected chi connectivity index (χ0v) is 25.5. The normalized spacial score (nSPS) is 22.2. The Bertz CT molecular complexity index is 816. The fourth-order valence-corrected chi connectivity index (χ4v) is 5.58. The van der Waals surface area contributed by atoms with Crippen LogP contribution in [-0.4, -0.2) is 73.4 Å². The Balaban J connectivity index is 1.33. The third-order valence-electron chi connectivity index (χ3n) is 8.66. The van der Waals surface area contributed by atoms with E-state index < -0.39 is 0 Å². The molecule has 2 fully saturated rings. The molecule has 0 aromatic heterocycles. The maximum Gasteiger partial charge on any atom is 0.123 e. The van der Waals surface area contributed by atoms with Crippen molar-refractivity contribution < 1.29 is 9.47 Å². The highest BCUT2D eigenvalue weighted by molar-refractivity contribution is 5.33. The Morgan fingerprint density at radius 2 is 1.51 bits per heavy atom. The average molecular weight is 516 g/mol. The fourth-order valence-electron chi connectivity index (χ4n) is 5.58. The molecule has 0 amide bonds. The molecule has 1 aromatic carbocycles. The minimum atomic E-state index is 0.106. The van der Waals surface area contributed by atoms with Gasteiger partial charge in [0.05, 0.1) is 6.61 Å². The zero-order chi connectivity index (χ0) is 27.3. The van der Waals surface area contributed by atoms with Gasteiger partial charge in [-0.2, -0.15) is 0 Å². The maximum absolute atomic E-state index is 6.02. The maximum atomic E-state index is 6.02. The summed E-state index contributed by atoms with van der Waals surface area (Å²) in [6.45, 7) is 28.0. The standard InChI is InChI=1S/C32H57N3O2/c1-25(2)34-16-18-35(19-17-34)27-21-26(22-27)31(6,7)13-14-32(8,9)33-15-20-36-28-11-10-12-29(23-28)37-24-30(3,4)5/h10-12,23,25-27,33H,13-22,24H2,1-9H3. The molecule has 1 aliphatic heterocycles. The summed E-state index contributed by atoms with van der Waals surface area (Å²) in [4.78, 5) is 5.39. The predicted octanol–water partition coefficient (Wildman–Crippen LogP) is 6.47. The summed E-state index contributed by atoms with van der Waals surface area (Å²) in [7, 11) is 0. The SMILES string of the molecule is CC(C)N1CCN(C2CC(C(C)(C)CCC(C)(C)NCCOc3cccc(OCC(C)(C)C)c3)C2)CC1. The molecule has 0 bridgehead atoms. The van der Waals surface area contributed by atoms with Gasteiger partial charge in [0.25, 0.3) is 0 Å². The molecular formula is C32H57N3O2. The van der Waals surface area contributed by atoms with Gasteiger partial charge in [0, 0.05) is 56.4 Å². The summed E-state index contributed by atoms with van der Waals surface area (Å²) in [5.41, 5.74) is 0.651. The summed E-state index contributed by atoms with van der Waals surface area (Å²) >= 11 is 0. The van der Waals surface area contributed by atoms with Crippen molar-refractivity contribution in [2.75, 3.05) is 45.9 Å². The van der Waals surface area contributed by atoms with Gasteiger partial charge in [-0.3, -0.25) is 9.80 Å². The zero-order valence-electron chi connectivity index (χ0n) is 25.5. The first-order chi connectivity index (χ1) is 17.2. The van der Waals surface area contributed by atoms with Gasteiger partial charge in [-0.15, -0.1) is 0 Å². The molecule has 1 aromatic rings. The first-order valence-electron chi connectivity index (χ1n) is 14.8. The monoisotopic (exact) mass is 515 g/mol. The molecule has 2 aliphatic rings. The van der Waals surface area contributed by atoms with E-state index in [1.807, 2.05) is 24.3 Å². The summed E-state index contributed by atoms with van der Waals surface area (Å²) < 4.78 is 11.9. The number of hydrogen-bond acceptors (Lipinski definition) is 5. The smallest absolute Gasteiger partial charge is 0.123 e. The average Bonchev–Trinajstić information content (AvgIpc) is 2.79. The lowest BCUT2D eigenvalue weighted by atomic mass is 9.62. The van der Waals surface area contributed by atoms with Crippen LogP contribution in [0.5, 0.6) is 11.5 Å². The van der Waals surface area contributed by atoms with Crippen LogP contribution in [0.3, 0.4) is 0 Å². The van der Waals surface area contributed by atoms with E-state index in [4.69, 9.17) is 9.47 Å². The quantitative estimate of drug-likeness (QED) is 0.305. The molecule has 1 saturated heterocycles. The van der Waals surface area contributed by atoms with Crippen molar-refractivity contribution in [3.8, 4) is 11.5 Å². The van der Waals surface area contributed by atoms with Gasteiger partial charge < -0.3 is 14.8 Å². The number of benzene rings is 1. The largest absolute Gasteiger partial charge is 0.493 e. The number of nitrogens with one attached hydrogen (secondary N) is 1. The lowest BCUT2D eigenvalue weighted by Gasteiger charge is -2.52. The van der Waals surface area contributed by atoms with Crippen LogP contribution in [0.15, 0.2) is 24.3 Å². The molecular weight excluding hydrogens is 458 g/mol. The number of ether oxygens (including phenoxy) is 2. The second-order valence-electron chi connectivity index (χ2n) is 14.5. The van der Waals surface area contributed by atoms with Crippen LogP contribution in [-0.2, 0) is 0 Å². The van der Waals surface area contributed by atoms with Gasteiger partial charge in [-0.1, -0.05) is 40.7 Å². The molecule has 1 heterocycles. The van der Waals surface area contributed by atoms with Gasteiger partial charge in [0.15, 0.2) is 0 Å². The van der Waals surface area contributed by atoms with Crippen molar-refractivity contribution in [1.82, 2.24) is 15.1 Å². The van der Waals surface area contributed by atoms with Crippen molar-refractivity contribution >= 4 is 0 Å². The van der Waals surface area contributed by atoms with E-state index in [1.165, 1.54) is 51.9 Å². The van der Waals surface area contributed by atoms with E-state index in [-0.39, 0.29) is 11.0 Å². The van der Waals surface area contributed by atoms with Gasteiger partial charge in [0.1, 0.15) is 18.1 Å². The molecule has 37 heavy (non-hydrogen) atoms. The van der Waals surface area contributed by atoms with Crippen LogP contribution >= 0.6 is 0 Å². The molecule has 3 rings (SSSR count). The number of piperazine rings is 1. The Morgan fingerprint density at radius 3 is 2.11 bits per heavy atom. The van der Waals surface area contributed by atoms with E-state index in [1.54, 1.807) is 0 Å². The fraction of sp³-hybridized carbons (Fsp3) is 0.812. The lowest BCUT2D eigenvalue weighted by molar-refractivity contribution is -0.0187. The van der Waals surface area contributed by atoms with Gasteiger partial charge >= 0.3 is 0 Å². The van der Waals surface area contributed by atoms with Crippen LogP contribution in [0.2, 0.25) is 0 Å². The predicted molar refractivity (Wildman–Crippen MR) is 157 cm³/mol. The molecule has 0 radical (unpaired) electrons. The molecule has 1 aliphatic carbocycles. The Kier molecular flexibility index (Phi) is 10.4. The molecule has 0 spiro atoms. The first-order valence-corrected chi connectivity index (χ1v) is 14.8. The van der Waals surface area contributed by atoms with Crippen molar-refractivity contribution in [3.63, 3.8) is 0 Å². The van der Waals surface area contributed by atoms with Gasteiger partial charge in [-0.05, 0) is 82.3 Å². The van der Waals surface area contributed by atoms with Crippen LogP contribution in [0.4, 0.5) is 0 Å². The Hall–Kier alpha value is -1.30. The molecule has 1 saturated carbocycles.